The first-order valence-corrected chi connectivity index (χ1v) is 10.8. The van der Waals surface area contributed by atoms with E-state index in [4.69, 9.17) is 0 Å². The number of anilines is 2. The van der Waals surface area contributed by atoms with Gasteiger partial charge in [0.05, 0.1) is 11.4 Å². The van der Waals surface area contributed by atoms with Crippen molar-refractivity contribution in [1.29, 1.82) is 0 Å². The van der Waals surface area contributed by atoms with Crippen molar-refractivity contribution in [2.24, 2.45) is 0 Å². The number of carboxylic acid groups (broad SMARTS) is 1. The Labute approximate surface area is 166 Å². The molecule has 0 radical (unpaired) electrons. The number of hydrogen-bond acceptors (Lipinski definition) is 3. The molecule has 0 amide bonds. The lowest BCUT2D eigenvalue weighted by molar-refractivity contribution is 0.0697. The molecule has 0 bridgehead atoms. The van der Waals surface area contributed by atoms with Crippen molar-refractivity contribution < 1.29 is 23.1 Å². The Morgan fingerprint density at radius 3 is 2.38 bits per heavy atom. The molecule has 2 N–H and O–H groups in total. The van der Waals surface area contributed by atoms with Crippen molar-refractivity contribution in [3.8, 4) is 11.2 Å². The van der Waals surface area contributed by atoms with Crippen LogP contribution in [0.4, 0.5) is 24.5 Å². The zero-order chi connectivity index (χ0) is 19.9. The zero-order valence-electron chi connectivity index (χ0n) is 14.1. The van der Waals surface area contributed by atoms with Crippen molar-refractivity contribution in [3.63, 3.8) is 0 Å². The van der Waals surface area contributed by atoms with E-state index in [0.29, 0.717) is 11.6 Å². The molecule has 0 aromatic heterocycles. The second kappa shape index (κ2) is 10.3. The van der Waals surface area contributed by atoms with Gasteiger partial charge < -0.3 is 10.4 Å². The fourth-order valence-electron chi connectivity index (χ4n) is 1.99. The molecule has 8 heteroatoms. The number of halogens is 4. The molecule has 2 aromatic rings. The van der Waals surface area contributed by atoms with Crippen LogP contribution >= 0.6 is 30.1 Å². The van der Waals surface area contributed by atoms with Crippen LogP contribution in [0.5, 0.6) is 0 Å². The Kier molecular flexibility index (Phi) is 8.81. The molecule has 0 fully saturated rings. The molecule has 138 valence electrons. The number of benzene rings is 2. The van der Waals surface area contributed by atoms with E-state index in [2.05, 4.69) is 16.5 Å². The van der Waals surface area contributed by atoms with Gasteiger partial charge in [-0.05, 0) is 44.9 Å². The molecular weight excluding hydrogens is 478 g/mol. The van der Waals surface area contributed by atoms with Crippen molar-refractivity contribution in [2.75, 3.05) is 5.32 Å². The van der Waals surface area contributed by atoms with Gasteiger partial charge in [-0.15, -0.1) is 0 Å². The number of aryl methyl sites for hydroxylation is 1. The summed E-state index contributed by atoms with van der Waals surface area (Å²) in [7, 11) is 1.06. The van der Waals surface area contributed by atoms with Crippen LogP contribution in [0.2, 0.25) is 0 Å². The number of carbonyl (C=O) groups is 1. The molecule has 0 atom stereocenters. The molecule has 0 aliphatic heterocycles. The van der Waals surface area contributed by atoms with E-state index in [1.54, 1.807) is 13.0 Å². The summed E-state index contributed by atoms with van der Waals surface area (Å²) in [6, 6.07) is 4.76. The average molecular weight is 493 g/mol. The predicted molar refractivity (Wildman–Crippen MR) is 108 cm³/mol. The van der Waals surface area contributed by atoms with Crippen LogP contribution in [0.3, 0.4) is 0 Å². The molecule has 0 unspecified atom stereocenters. The predicted octanol–water partition coefficient (Wildman–Crippen LogP) is 6.27. The molecule has 0 aliphatic carbocycles. The third kappa shape index (κ3) is 5.32. The van der Waals surface area contributed by atoms with Crippen molar-refractivity contribution in [1.82, 2.24) is 0 Å². The van der Waals surface area contributed by atoms with Crippen LogP contribution in [0.1, 0.15) is 35.3 Å². The molecule has 2 rings (SSSR count). The maximum absolute atomic E-state index is 14.1. The fraction of sp³-hybridized carbons (Fsp3) is 0.167. The fourth-order valence-corrected chi connectivity index (χ4v) is 2.47. The lowest BCUT2D eigenvalue weighted by atomic mass is 10.0. The SMILES string of the molecule is CC.Cc1ccc(Nc2c(F)c(F)cc(C#CSI)c2C(=O)O)c(F)c1. The highest BCUT2D eigenvalue weighted by Crippen LogP contribution is 2.30. The van der Waals surface area contributed by atoms with Crippen LogP contribution in [0, 0.1) is 35.5 Å². The number of carboxylic acids is 1. The van der Waals surface area contributed by atoms with Crippen LogP contribution in [0.25, 0.3) is 0 Å². The maximum atomic E-state index is 14.1. The van der Waals surface area contributed by atoms with E-state index >= 15 is 0 Å². The minimum Gasteiger partial charge on any atom is -0.478 e. The average Bonchev–Trinajstić information content (AvgIpc) is 2.60. The van der Waals surface area contributed by atoms with Crippen LogP contribution in [0.15, 0.2) is 24.3 Å². The normalized spacial score (nSPS) is 9.50. The minimum absolute atomic E-state index is 0.172. The Bertz CT molecular complexity index is 879. The second-order valence-electron chi connectivity index (χ2n) is 4.69. The molecule has 0 aliphatic rings. The zero-order valence-corrected chi connectivity index (χ0v) is 17.1. The van der Waals surface area contributed by atoms with Crippen LogP contribution in [-0.4, -0.2) is 11.1 Å². The van der Waals surface area contributed by atoms with Gasteiger partial charge in [0.1, 0.15) is 11.4 Å². The summed E-state index contributed by atoms with van der Waals surface area (Å²) < 4.78 is 41.9. The van der Waals surface area contributed by atoms with Gasteiger partial charge in [0.25, 0.3) is 0 Å². The van der Waals surface area contributed by atoms with E-state index in [1.807, 2.05) is 35.1 Å². The highest BCUT2D eigenvalue weighted by atomic mass is 127. The molecule has 0 saturated heterocycles. The summed E-state index contributed by atoms with van der Waals surface area (Å²) in [6.07, 6.45) is 0. The highest BCUT2D eigenvalue weighted by Gasteiger charge is 2.23. The topological polar surface area (TPSA) is 49.3 Å². The van der Waals surface area contributed by atoms with Crippen LogP contribution in [-0.2, 0) is 0 Å². The Balaban J connectivity index is 0.00000163. The van der Waals surface area contributed by atoms with Crippen LogP contribution < -0.4 is 5.32 Å². The molecule has 26 heavy (non-hydrogen) atoms. The quantitative estimate of drug-likeness (QED) is 0.391. The monoisotopic (exact) mass is 493 g/mol. The second-order valence-corrected chi connectivity index (χ2v) is 6.37. The molecule has 0 saturated carbocycles. The van der Waals surface area contributed by atoms with Crippen molar-refractivity contribution in [3.05, 3.63) is 58.4 Å². The summed E-state index contributed by atoms with van der Waals surface area (Å²) in [5, 5.41) is 14.2. The highest BCUT2D eigenvalue weighted by molar-refractivity contribution is 14.2. The van der Waals surface area contributed by atoms with E-state index < -0.39 is 34.7 Å². The van der Waals surface area contributed by atoms with E-state index in [0.717, 1.165) is 8.93 Å². The molecule has 0 heterocycles. The Morgan fingerprint density at radius 2 is 1.85 bits per heavy atom. The van der Waals surface area contributed by atoms with E-state index in [-0.39, 0.29) is 11.3 Å². The molecule has 2 aromatic carbocycles. The summed E-state index contributed by atoms with van der Waals surface area (Å²) in [5.41, 5.74) is -0.989. The number of hydrogen-bond donors (Lipinski definition) is 2. The summed E-state index contributed by atoms with van der Waals surface area (Å²) in [6.45, 7) is 5.66. The first-order valence-electron chi connectivity index (χ1n) is 7.42. The summed E-state index contributed by atoms with van der Waals surface area (Å²) >= 11 is 1.86. The van der Waals surface area contributed by atoms with Gasteiger partial charge in [-0.1, -0.05) is 25.8 Å². The lowest BCUT2D eigenvalue weighted by Gasteiger charge is -2.14. The van der Waals surface area contributed by atoms with Gasteiger partial charge in [0.2, 0.25) is 0 Å². The largest absolute Gasteiger partial charge is 0.478 e. The van der Waals surface area contributed by atoms with Crippen molar-refractivity contribution >= 4 is 47.5 Å². The third-order valence-corrected chi connectivity index (χ3v) is 3.88. The molecule has 3 nitrogen and oxygen atoms in total. The number of aromatic carboxylic acids is 1. The standard InChI is InChI=1S/C16H9F3INO2S.C2H6/c1-8-2-3-12(10(17)6-8)21-15-13(16(22)23)9(4-5-24-20)7-11(18)14(15)19;1-2/h2-3,6-7,21H,1H3,(H,22,23);1-2H3. The number of nitrogens with one attached hydrogen (secondary N) is 1. The Morgan fingerprint density at radius 1 is 1.19 bits per heavy atom. The van der Waals surface area contributed by atoms with E-state index in [1.165, 1.54) is 12.1 Å². The van der Waals surface area contributed by atoms with Gasteiger partial charge >= 0.3 is 5.97 Å². The molecule has 0 spiro atoms. The van der Waals surface area contributed by atoms with Crippen molar-refractivity contribution in [2.45, 2.75) is 20.8 Å². The van der Waals surface area contributed by atoms with Gasteiger partial charge in [-0.2, -0.15) is 0 Å². The van der Waals surface area contributed by atoms with Gasteiger partial charge in [0, 0.05) is 26.8 Å². The number of rotatable bonds is 3. The first kappa shape index (κ1) is 22.2. The van der Waals surface area contributed by atoms with Gasteiger partial charge in [-0.3, -0.25) is 0 Å². The summed E-state index contributed by atoms with van der Waals surface area (Å²) in [4.78, 5) is 11.5. The molecular formula is C18H15F3INO2S. The third-order valence-electron chi connectivity index (χ3n) is 3.04. The lowest BCUT2D eigenvalue weighted by Crippen LogP contribution is -2.10. The Hall–Kier alpha value is -1.86. The van der Waals surface area contributed by atoms with E-state index in [9.17, 15) is 23.1 Å². The first-order chi connectivity index (χ1) is 12.3. The van der Waals surface area contributed by atoms with Gasteiger partial charge in [-0.25, -0.2) is 18.0 Å². The summed E-state index contributed by atoms with van der Waals surface area (Å²) in [5.74, 6) is -2.47. The maximum Gasteiger partial charge on any atom is 0.339 e. The minimum atomic E-state index is -1.51. The smallest absolute Gasteiger partial charge is 0.339 e. The van der Waals surface area contributed by atoms with Gasteiger partial charge in [0.15, 0.2) is 11.6 Å².